The Labute approximate surface area is 201 Å². The van der Waals surface area contributed by atoms with Gasteiger partial charge in [-0.3, -0.25) is 9.59 Å². The van der Waals surface area contributed by atoms with Crippen molar-refractivity contribution >= 4 is 17.9 Å². The summed E-state index contributed by atoms with van der Waals surface area (Å²) in [6.45, 7) is 7.61. The van der Waals surface area contributed by atoms with Crippen molar-refractivity contribution in [1.29, 1.82) is 0 Å². The van der Waals surface area contributed by atoms with Gasteiger partial charge in [0.25, 0.3) is 0 Å². The van der Waals surface area contributed by atoms with Crippen molar-refractivity contribution < 1.29 is 33.7 Å². The van der Waals surface area contributed by atoms with E-state index in [-0.39, 0.29) is 47.9 Å². The normalized spacial score (nSPS) is 47.6. The Hall–Kier alpha value is -1.89. The van der Waals surface area contributed by atoms with Crippen LogP contribution in [0.5, 0.6) is 0 Å². The molecule has 0 aromatic carbocycles. The van der Waals surface area contributed by atoms with Gasteiger partial charge in [0.05, 0.1) is 5.60 Å². The lowest BCUT2D eigenvalue weighted by Crippen LogP contribution is -2.62. The van der Waals surface area contributed by atoms with Crippen LogP contribution in [-0.2, 0) is 28.6 Å². The van der Waals surface area contributed by atoms with Crippen molar-refractivity contribution in [1.82, 2.24) is 0 Å². The van der Waals surface area contributed by atoms with Gasteiger partial charge in [0.1, 0.15) is 18.8 Å². The molecular formula is C27H38O7. The van der Waals surface area contributed by atoms with Crippen LogP contribution in [0.3, 0.4) is 0 Å². The molecule has 9 atom stereocenters. The number of hydrogen-bond acceptors (Lipinski definition) is 7. The highest BCUT2D eigenvalue weighted by Gasteiger charge is 2.71. The molecule has 5 rings (SSSR count). The molecular weight excluding hydrogens is 436 g/mol. The molecule has 5 aliphatic rings. The molecule has 7 nitrogen and oxygen atoms in total. The highest BCUT2D eigenvalue weighted by atomic mass is 16.6. The van der Waals surface area contributed by atoms with Crippen molar-refractivity contribution in [2.24, 2.45) is 34.5 Å². The molecule has 0 unspecified atom stereocenters. The summed E-state index contributed by atoms with van der Waals surface area (Å²) in [5.74, 6) is -0.190. The second-order valence-corrected chi connectivity index (χ2v) is 12.0. The highest BCUT2D eigenvalue weighted by molar-refractivity contribution is 5.85. The van der Waals surface area contributed by atoms with Crippen LogP contribution in [0, 0.1) is 34.5 Å². The molecule has 0 saturated heterocycles. The average Bonchev–Trinajstić information content (AvgIpc) is 3.25. The SMILES string of the molecule is CC(=O)O[C@H]1CC[C@@]2(C)[C@@H](CC[C@H]3[C@H]2CC[C@@]2(C)[C@H](C4=CC(=O)OC4)[C@H](OC(C)=O)C[C@]32O)C1. The lowest BCUT2D eigenvalue weighted by Gasteiger charge is -2.63. The van der Waals surface area contributed by atoms with Gasteiger partial charge in [0.15, 0.2) is 0 Å². The molecule has 4 fully saturated rings. The fourth-order valence-corrected chi connectivity index (χ4v) is 9.08. The standard InChI is InChI=1S/C27H38O7/c1-15(28)33-19-7-9-25(3)18(12-19)5-6-21-20(25)8-10-26(4)24(17-11-23(30)32-14-17)22(34-16(2)29)13-27(21,26)31/h11,18-22,24,31H,5-10,12-14H2,1-4H3/t18-,19-,20+,21-,22+,24+,25-,26-,27-/m0/s1. The van der Waals surface area contributed by atoms with E-state index in [0.717, 1.165) is 50.5 Å². The predicted molar refractivity (Wildman–Crippen MR) is 122 cm³/mol. The van der Waals surface area contributed by atoms with Crippen LogP contribution in [0.2, 0.25) is 0 Å². The van der Waals surface area contributed by atoms with Crippen LogP contribution >= 0.6 is 0 Å². The summed E-state index contributed by atoms with van der Waals surface area (Å²) in [6, 6.07) is 0. The molecule has 1 aliphatic heterocycles. The molecule has 0 aromatic heterocycles. The Bertz CT molecular complexity index is 926. The lowest BCUT2D eigenvalue weighted by atomic mass is 9.43. The van der Waals surface area contributed by atoms with Gasteiger partial charge in [-0.1, -0.05) is 13.8 Å². The second kappa shape index (κ2) is 8.07. The Morgan fingerprint density at radius 1 is 1.03 bits per heavy atom. The molecule has 0 spiro atoms. The number of ether oxygens (including phenoxy) is 3. The molecule has 0 bridgehead atoms. The Morgan fingerprint density at radius 3 is 2.41 bits per heavy atom. The summed E-state index contributed by atoms with van der Waals surface area (Å²) in [4.78, 5) is 35.4. The van der Waals surface area contributed by atoms with Crippen molar-refractivity contribution in [2.45, 2.75) is 96.9 Å². The predicted octanol–water partition coefficient (Wildman–Crippen LogP) is 3.72. The molecule has 0 radical (unpaired) electrons. The minimum Gasteiger partial charge on any atom is -0.463 e. The van der Waals surface area contributed by atoms with E-state index in [1.807, 2.05) is 0 Å². The van der Waals surface area contributed by atoms with E-state index in [4.69, 9.17) is 14.2 Å². The van der Waals surface area contributed by atoms with E-state index < -0.39 is 17.1 Å². The minimum absolute atomic E-state index is 0.000108. The maximum atomic E-state index is 12.5. The van der Waals surface area contributed by atoms with E-state index in [2.05, 4.69) is 13.8 Å². The maximum Gasteiger partial charge on any atom is 0.331 e. The first-order valence-corrected chi connectivity index (χ1v) is 12.9. The summed E-state index contributed by atoms with van der Waals surface area (Å²) in [5.41, 5.74) is -0.535. The number of cyclic esters (lactones) is 1. The summed E-state index contributed by atoms with van der Waals surface area (Å²) in [6.07, 6.45) is 7.98. The topological polar surface area (TPSA) is 99.1 Å². The van der Waals surface area contributed by atoms with Gasteiger partial charge >= 0.3 is 17.9 Å². The molecule has 1 N–H and O–H groups in total. The van der Waals surface area contributed by atoms with Crippen molar-refractivity contribution in [3.8, 4) is 0 Å². The van der Waals surface area contributed by atoms with E-state index in [0.29, 0.717) is 18.3 Å². The van der Waals surface area contributed by atoms with Crippen molar-refractivity contribution in [2.75, 3.05) is 6.61 Å². The maximum absolute atomic E-state index is 12.5. The Balaban J connectivity index is 1.46. The lowest BCUT2D eigenvalue weighted by molar-refractivity contribution is -0.210. The minimum atomic E-state index is -0.978. The zero-order valence-corrected chi connectivity index (χ0v) is 20.8. The number of carbonyl (C=O) groups excluding carboxylic acids is 3. The number of rotatable bonds is 3. The Kier molecular flexibility index (Phi) is 5.66. The van der Waals surface area contributed by atoms with Crippen LogP contribution in [-0.4, -0.2) is 47.4 Å². The van der Waals surface area contributed by atoms with E-state index in [1.54, 1.807) is 6.08 Å². The molecule has 4 aliphatic carbocycles. The van der Waals surface area contributed by atoms with Crippen LogP contribution in [0.1, 0.15) is 79.1 Å². The molecule has 188 valence electrons. The molecule has 4 saturated carbocycles. The molecule has 7 heteroatoms. The van der Waals surface area contributed by atoms with E-state index in [1.165, 1.54) is 13.8 Å². The van der Waals surface area contributed by atoms with E-state index >= 15 is 0 Å². The van der Waals surface area contributed by atoms with Crippen molar-refractivity contribution in [3.05, 3.63) is 11.6 Å². The smallest absolute Gasteiger partial charge is 0.331 e. The molecule has 1 heterocycles. The zero-order valence-electron chi connectivity index (χ0n) is 20.8. The first kappa shape index (κ1) is 23.8. The monoisotopic (exact) mass is 474 g/mol. The van der Waals surface area contributed by atoms with E-state index in [9.17, 15) is 19.5 Å². The number of aliphatic hydroxyl groups is 1. The van der Waals surface area contributed by atoms with Gasteiger partial charge in [0.2, 0.25) is 0 Å². The van der Waals surface area contributed by atoms with Crippen LogP contribution in [0.25, 0.3) is 0 Å². The molecule has 34 heavy (non-hydrogen) atoms. The van der Waals surface area contributed by atoms with Gasteiger partial charge in [-0.05, 0) is 73.7 Å². The van der Waals surface area contributed by atoms with Gasteiger partial charge < -0.3 is 19.3 Å². The van der Waals surface area contributed by atoms with Gasteiger partial charge in [0, 0.05) is 37.7 Å². The first-order valence-electron chi connectivity index (χ1n) is 12.9. The third-order valence-electron chi connectivity index (χ3n) is 10.5. The largest absolute Gasteiger partial charge is 0.463 e. The number of fused-ring (bicyclic) bond motifs is 5. The number of hydrogen-bond donors (Lipinski definition) is 1. The van der Waals surface area contributed by atoms with Crippen LogP contribution in [0.15, 0.2) is 11.6 Å². The summed E-state index contributed by atoms with van der Waals surface area (Å²) in [7, 11) is 0. The fraction of sp³-hybridized carbons (Fsp3) is 0.815. The zero-order chi connectivity index (χ0) is 24.5. The van der Waals surface area contributed by atoms with Gasteiger partial charge in [-0.25, -0.2) is 4.79 Å². The highest BCUT2D eigenvalue weighted by Crippen LogP contribution is 2.70. The van der Waals surface area contributed by atoms with Gasteiger partial charge in [-0.15, -0.1) is 0 Å². The third-order valence-corrected chi connectivity index (χ3v) is 10.5. The molecule has 0 amide bonds. The quantitative estimate of drug-likeness (QED) is 0.492. The summed E-state index contributed by atoms with van der Waals surface area (Å²) >= 11 is 0. The van der Waals surface area contributed by atoms with Crippen LogP contribution < -0.4 is 0 Å². The summed E-state index contributed by atoms with van der Waals surface area (Å²) in [5, 5.41) is 12.5. The summed E-state index contributed by atoms with van der Waals surface area (Å²) < 4.78 is 16.6. The Morgan fingerprint density at radius 2 is 1.76 bits per heavy atom. The third kappa shape index (κ3) is 3.44. The fourth-order valence-electron chi connectivity index (χ4n) is 9.08. The van der Waals surface area contributed by atoms with Crippen LogP contribution in [0.4, 0.5) is 0 Å². The van der Waals surface area contributed by atoms with Gasteiger partial charge in [-0.2, -0.15) is 0 Å². The van der Waals surface area contributed by atoms with Crippen molar-refractivity contribution in [3.63, 3.8) is 0 Å². The number of carbonyl (C=O) groups is 3. The second-order valence-electron chi connectivity index (χ2n) is 12.0. The number of esters is 3. The average molecular weight is 475 g/mol. The first-order chi connectivity index (χ1) is 16.0. The molecule has 0 aromatic rings.